The van der Waals surface area contributed by atoms with Crippen molar-refractivity contribution in [2.45, 2.75) is 12.3 Å². The van der Waals surface area contributed by atoms with Gasteiger partial charge in [0.1, 0.15) is 11.0 Å². The van der Waals surface area contributed by atoms with Crippen molar-refractivity contribution < 1.29 is 18.3 Å². The number of hydrogen-bond acceptors (Lipinski definition) is 4. The van der Waals surface area contributed by atoms with Crippen molar-refractivity contribution in [2.24, 2.45) is 0 Å². The lowest BCUT2D eigenvalue weighted by atomic mass is 10.1. The highest BCUT2D eigenvalue weighted by Gasteiger charge is 2.30. The molecule has 0 aliphatic heterocycles. The molecule has 0 aliphatic rings. The minimum Gasteiger partial charge on any atom is -0.387 e. The predicted molar refractivity (Wildman–Crippen MR) is 71.9 cm³/mol. The van der Waals surface area contributed by atoms with Gasteiger partial charge in [0.25, 0.3) is 0 Å². The van der Waals surface area contributed by atoms with Crippen LogP contribution in [0, 0.1) is 0 Å². The number of hydrogen-bond donors (Lipinski definition) is 2. The Labute approximate surface area is 123 Å². The van der Waals surface area contributed by atoms with Crippen LogP contribution in [0.1, 0.15) is 17.2 Å². The van der Waals surface area contributed by atoms with Gasteiger partial charge in [0, 0.05) is 6.54 Å². The minimum absolute atomic E-state index is 0.0175. The average molecular weight is 318 g/mol. The first kappa shape index (κ1) is 15.5. The van der Waals surface area contributed by atoms with E-state index in [4.69, 9.17) is 11.6 Å². The molecule has 4 nitrogen and oxygen atoms in total. The highest BCUT2D eigenvalue weighted by atomic mass is 35.5. The summed E-state index contributed by atoms with van der Waals surface area (Å²) in [6, 6.07) is 4.54. The highest BCUT2D eigenvalue weighted by molar-refractivity contribution is 6.29. The standard InChI is InChI=1S/C13H11ClF3N3O/c14-11-6-18-7-12(20-11)19-5-10(21)8-2-1-3-9(4-8)13(15,16)17/h1-4,6-7,10,21H,5H2,(H,19,20). The van der Waals surface area contributed by atoms with Crippen molar-refractivity contribution in [3.05, 3.63) is 52.9 Å². The molecule has 0 bridgehead atoms. The maximum absolute atomic E-state index is 12.6. The Kier molecular flexibility index (Phi) is 4.64. The Morgan fingerprint density at radius 1 is 1.29 bits per heavy atom. The Hall–Kier alpha value is -1.86. The lowest BCUT2D eigenvalue weighted by Gasteiger charge is -2.14. The zero-order valence-corrected chi connectivity index (χ0v) is 11.4. The fraction of sp³-hybridized carbons (Fsp3) is 0.231. The first-order valence-electron chi connectivity index (χ1n) is 5.93. The van der Waals surface area contributed by atoms with E-state index in [2.05, 4.69) is 15.3 Å². The predicted octanol–water partition coefficient (Wildman–Crippen LogP) is 3.29. The summed E-state index contributed by atoms with van der Waals surface area (Å²) in [4.78, 5) is 7.69. The van der Waals surface area contributed by atoms with E-state index in [0.717, 1.165) is 12.1 Å². The number of halogens is 4. The smallest absolute Gasteiger partial charge is 0.387 e. The molecule has 0 saturated heterocycles. The van der Waals surface area contributed by atoms with E-state index in [-0.39, 0.29) is 17.3 Å². The van der Waals surface area contributed by atoms with Gasteiger partial charge >= 0.3 is 6.18 Å². The number of rotatable bonds is 4. The fourth-order valence-corrected chi connectivity index (χ4v) is 1.82. The number of nitrogens with one attached hydrogen (secondary N) is 1. The monoisotopic (exact) mass is 317 g/mol. The first-order chi connectivity index (χ1) is 9.86. The number of nitrogens with zero attached hydrogens (tertiary/aromatic N) is 2. The molecule has 1 heterocycles. The number of anilines is 1. The SMILES string of the molecule is OC(CNc1cncc(Cl)n1)c1cccc(C(F)(F)F)c1. The number of aliphatic hydroxyl groups is 1. The van der Waals surface area contributed by atoms with E-state index < -0.39 is 17.8 Å². The lowest BCUT2D eigenvalue weighted by molar-refractivity contribution is -0.137. The summed E-state index contributed by atoms with van der Waals surface area (Å²) in [7, 11) is 0. The third kappa shape index (κ3) is 4.30. The molecule has 2 N–H and O–H groups in total. The van der Waals surface area contributed by atoms with Gasteiger partial charge in [-0.15, -0.1) is 0 Å². The van der Waals surface area contributed by atoms with Gasteiger partial charge in [0.15, 0.2) is 0 Å². The van der Waals surface area contributed by atoms with Crippen LogP contribution in [0.15, 0.2) is 36.7 Å². The van der Waals surface area contributed by atoms with E-state index in [0.29, 0.717) is 5.82 Å². The molecular weight excluding hydrogens is 307 g/mol. The maximum atomic E-state index is 12.6. The van der Waals surface area contributed by atoms with E-state index in [1.54, 1.807) is 0 Å². The van der Waals surface area contributed by atoms with E-state index in [9.17, 15) is 18.3 Å². The molecule has 2 aromatic rings. The van der Waals surface area contributed by atoms with Crippen molar-refractivity contribution >= 4 is 17.4 Å². The lowest BCUT2D eigenvalue weighted by Crippen LogP contribution is -2.14. The Balaban J connectivity index is 2.05. The van der Waals surface area contributed by atoms with Crippen LogP contribution < -0.4 is 5.32 Å². The van der Waals surface area contributed by atoms with Crippen LogP contribution in [0.5, 0.6) is 0 Å². The number of aliphatic hydroxyl groups excluding tert-OH is 1. The molecule has 112 valence electrons. The molecule has 0 spiro atoms. The summed E-state index contributed by atoms with van der Waals surface area (Å²) in [6.45, 7) is -0.0175. The Bertz CT molecular complexity index is 622. The summed E-state index contributed by atoms with van der Waals surface area (Å²) in [6.07, 6.45) is -2.82. The van der Waals surface area contributed by atoms with Crippen molar-refractivity contribution in [1.29, 1.82) is 0 Å². The highest BCUT2D eigenvalue weighted by Crippen LogP contribution is 2.30. The van der Waals surface area contributed by atoms with Crippen molar-refractivity contribution in [2.75, 3.05) is 11.9 Å². The topological polar surface area (TPSA) is 58.0 Å². The molecule has 0 fully saturated rings. The Morgan fingerprint density at radius 3 is 2.71 bits per heavy atom. The molecule has 1 aromatic carbocycles. The molecule has 2 rings (SSSR count). The van der Waals surface area contributed by atoms with Crippen molar-refractivity contribution in [3.8, 4) is 0 Å². The van der Waals surface area contributed by atoms with Crippen LogP contribution in [0.25, 0.3) is 0 Å². The molecule has 1 aromatic heterocycles. The summed E-state index contributed by atoms with van der Waals surface area (Å²) in [5.41, 5.74) is -0.645. The van der Waals surface area contributed by atoms with E-state index in [1.165, 1.54) is 24.5 Å². The van der Waals surface area contributed by atoms with Gasteiger partial charge in [-0.25, -0.2) is 4.98 Å². The summed E-state index contributed by atoms with van der Waals surface area (Å²) >= 11 is 5.65. The summed E-state index contributed by atoms with van der Waals surface area (Å²) < 4.78 is 37.8. The first-order valence-corrected chi connectivity index (χ1v) is 6.30. The molecule has 0 saturated carbocycles. The molecule has 0 amide bonds. The van der Waals surface area contributed by atoms with Gasteiger partial charge in [0.05, 0.1) is 24.1 Å². The molecule has 0 radical (unpaired) electrons. The molecule has 1 atom stereocenters. The van der Waals surface area contributed by atoms with Gasteiger partial charge in [-0.2, -0.15) is 13.2 Å². The zero-order valence-electron chi connectivity index (χ0n) is 10.6. The summed E-state index contributed by atoms with van der Waals surface area (Å²) in [5, 5.41) is 12.9. The van der Waals surface area contributed by atoms with Crippen LogP contribution in [0.4, 0.5) is 19.0 Å². The molecular formula is C13H11ClF3N3O. The second-order valence-electron chi connectivity index (χ2n) is 4.25. The van der Waals surface area contributed by atoms with Crippen LogP contribution in [0.2, 0.25) is 5.15 Å². The maximum Gasteiger partial charge on any atom is 0.416 e. The summed E-state index contributed by atoms with van der Waals surface area (Å²) in [5.74, 6) is 0.327. The quantitative estimate of drug-likeness (QED) is 0.908. The van der Waals surface area contributed by atoms with Gasteiger partial charge in [-0.05, 0) is 17.7 Å². The van der Waals surface area contributed by atoms with Crippen molar-refractivity contribution in [1.82, 2.24) is 9.97 Å². The molecule has 1 unspecified atom stereocenters. The van der Waals surface area contributed by atoms with Crippen LogP contribution >= 0.6 is 11.6 Å². The van der Waals surface area contributed by atoms with E-state index in [1.807, 2.05) is 0 Å². The number of aromatic nitrogens is 2. The zero-order chi connectivity index (χ0) is 15.5. The van der Waals surface area contributed by atoms with Gasteiger partial charge in [-0.1, -0.05) is 23.7 Å². The molecule has 8 heteroatoms. The normalized spacial score (nSPS) is 13.0. The third-order valence-electron chi connectivity index (χ3n) is 2.68. The number of alkyl halides is 3. The van der Waals surface area contributed by atoms with Crippen LogP contribution in [-0.2, 0) is 6.18 Å². The molecule has 21 heavy (non-hydrogen) atoms. The van der Waals surface area contributed by atoms with Gasteiger partial charge < -0.3 is 10.4 Å². The molecule has 0 aliphatic carbocycles. The third-order valence-corrected chi connectivity index (χ3v) is 2.86. The second kappa shape index (κ2) is 6.28. The van der Waals surface area contributed by atoms with Crippen LogP contribution in [-0.4, -0.2) is 21.6 Å². The van der Waals surface area contributed by atoms with Crippen LogP contribution in [0.3, 0.4) is 0 Å². The van der Waals surface area contributed by atoms with Gasteiger partial charge in [0.2, 0.25) is 0 Å². The minimum atomic E-state index is -4.44. The number of benzene rings is 1. The fourth-order valence-electron chi connectivity index (χ4n) is 1.67. The largest absolute Gasteiger partial charge is 0.416 e. The van der Waals surface area contributed by atoms with E-state index >= 15 is 0 Å². The van der Waals surface area contributed by atoms with Gasteiger partial charge in [-0.3, -0.25) is 4.98 Å². The van der Waals surface area contributed by atoms with Crippen molar-refractivity contribution in [3.63, 3.8) is 0 Å². The average Bonchev–Trinajstić information content (AvgIpc) is 2.44. The second-order valence-corrected chi connectivity index (χ2v) is 4.63. The Morgan fingerprint density at radius 2 is 2.05 bits per heavy atom.